The summed E-state index contributed by atoms with van der Waals surface area (Å²) in [6, 6.07) is -0.310. The first-order valence-electron chi connectivity index (χ1n) is 5.98. The molecule has 0 spiro atoms. The van der Waals surface area contributed by atoms with Crippen molar-refractivity contribution in [2.75, 3.05) is 19.7 Å². The molecule has 0 saturated carbocycles. The second-order valence-electron chi connectivity index (χ2n) is 4.16. The van der Waals surface area contributed by atoms with Gasteiger partial charge in [0.2, 0.25) is 0 Å². The third-order valence-electron chi connectivity index (χ3n) is 2.62. The minimum atomic E-state index is -0.897. The van der Waals surface area contributed by atoms with E-state index in [4.69, 9.17) is 9.84 Å². The van der Waals surface area contributed by atoms with E-state index in [1.807, 2.05) is 6.92 Å². The van der Waals surface area contributed by atoms with Crippen LogP contribution >= 0.6 is 0 Å². The molecule has 0 aromatic heterocycles. The number of hydrogen-bond acceptors (Lipinski definition) is 4. The Hall–Kier alpha value is -1.14. The lowest BCUT2D eigenvalue weighted by atomic mass is 10.1. The monoisotopic (exact) mass is 244 g/mol. The number of carboxylic acid groups (broad SMARTS) is 1. The molecular formula is C11H20N2O4. The highest BCUT2D eigenvalue weighted by Gasteiger charge is 2.24. The number of ether oxygens (including phenoxy) is 1. The molecule has 1 heterocycles. The van der Waals surface area contributed by atoms with Gasteiger partial charge in [-0.25, -0.2) is 0 Å². The van der Waals surface area contributed by atoms with Crippen molar-refractivity contribution in [2.24, 2.45) is 0 Å². The Morgan fingerprint density at radius 3 is 2.88 bits per heavy atom. The zero-order valence-electron chi connectivity index (χ0n) is 10.1. The van der Waals surface area contributed by atoms with Gasteiger partial charge in [-0.2, -0.15) is 0 Å². The van der Waals surface area contributed by atoms with Crippen LogP contribution in [0.5, 0.6) is 0 Å². The largest absolute Gasteiger partial charge is 0.481 e. The molecule has 1 saturated heterocycles. The lowest BCUT2D eigenvalue weighted by Crippen LogP contribution is -2.50. The highest BCUT2D eigenvalue weighted by molar-refractivity contribution is 5.82. The van der Waals surface area contributed by atoms with Gasteiger partial charge in [-0.1, -0.05) is 13.3 Å². The molecule has 6 heteroatoms. The minimum absolute atomic E-state index is 0.0419. The second kappa shape index (κ2) is 7.24. The van der Waals surface area contributed by atoms with Gasteiger partial charge in [0.1, 0.15) is 6.10 Å². The second-order valence-corrected chi connectivity index (χ2v) is 4.16. The van der Waals surface area contributed by atoms with E-state index in [0.29, 0.717) is 19.6 Å². The predicted octanol–water partition coefficient (Wildman–Crippen LogP) is -0.266. The molecule has 17 heavy (non-hydrogen) atoms. The maximum Gasteiger partial charge on any atom is 0.305 e. The first-order valence-corrected chi connectivity index (χ1v) is 5.98. The van der Waals surface area contributed by atoms with Crippen molar-refractivity contribution in [1.82, 2.24) is 10.6 Å². The molecule has 2 atom stereocenters. The van der Waals surface area contributed by atoms with Crippen LogP contribution in [0.15, 0.2) is 0 Å². The fourth-order valence-corrected chi connectivity index (χ4v) is 1.81. The summed E-state index contributed by atoms with van der Waals surface area (Å²) in [6.45, 7) is 3.70. The van der Waals surface area contributed by atoms with Crippen LogP contribution in [0.3, 0.4) is 0 Å². The topological polar surface area (TPSA) is 87.7 Å². The summed E-state index contributed by atoms with van der Waals surface area (Å²) in [5.74, 6) is -1.12. The molecule has 1 aliphatic rings. The number of aliphatic carboxylic acids is 1. The van der Waals surface area contributed by atoms with Gasteiger partial charge in [0.15, 0.2) is 0 Å². The van der Waals surface area contributed by atoms with Crippen LogP contribution in [0.25, 0.3) is 0 Å². The molecule has 0 aromatic rings. The minimum Gasteiger partial charge on any atom is -0.481 e. The number of amides is 1. The van der Waals surface area contributed by atoms with Crippen LogP contribution in [0.1, 0.15) is 26.2 Å². The van der Waals surface area contributed by atoms with Crippen molar-refractivity contribution in [2.45, 2.75) is 38.3 Å². The normalized spacial score (nSPS) is 21.8. The summed E-state index contributed by atoms with van der Waals surface area (Å²) in [7, 11) is 0. The number of hydrogen-bond donors (Lipinski definition) is 3. The SMILES string of the molecule is CCCC(CC(=O)O)NC(=O)C1CNCCO1. The number of nitrogens with one attached hydrogen (secondary N) is 2. The summed E-state index contributed by atoms with van der Waals surface area (Å²) in [4.78, 5) is 22.4. The zero-order valence-corrected chi connectivity index (χ0v) is 10.1. The Morgan fingerprint density at radius 1 is 1.59 bits per heavy atom. The Bertz CT molecular complexity index is 264. The van der Waals surface area contributed by atoms with Crippen molar-refractivity contribution in [3.05, 3.63) is 0 Å². The van der Waals surface area contributed by atoms with Crippen LogP contribution in [0.2, 0.25) is 0 Å². The number of carboxylic acids is 1. The highest BCUT2D eigenvalue weighted by Crippen LogP contribution is 2.04. The molecule has 1 aliphatic heterocycles. The van der Waals surface area contributed by atoms with E-state index in [9.17, 15) is 9.59 Å². The molecule has 0 radical (unpaired) electrons. The Balaban J connectivity index is 2.41. The molecule has 1 fully saturated rings. The van der Waals surface area contributed by atoms with E-state index in [0.717, 1.165) is 13.0 Å². The molecular weight excluding hydrogens is 224 g/mol. The van der Waals surface area contributed by atoms with Gasteiger partial charge in [-0.3, -0.25) is 9.59 Å². The van der Waals surface area contributed by atoms with E-state index in [1.165, 1.54) is 0 Å². The summed E-state index contributed by atoms with van der Waals surface area (Å²) >= 11 is 0. The fraction of sp³-hybridized carbons (Fsp3) is 0.818. The van der Waals surface area contributed by atoms with Gasteiger partial charge < -0.3 is 20.5 Å². The van der Waals surface area contributed by atoms with Crippen LogP contribution in [0.4, 0.5) is 0 Å². The zero-order chi connectivity index (χ0) is 12.7. The van der Waals surface area contributed by atoms with E-state index >= 15 is 0 Å². The Kier molecular flexibility index (Phi) is 5.93. The van der Waals surface area contributed by atoms with E-state index in [2.05, 4.69) is 10.6 Å². The maximum absolute atomic E-state index is 11.8. The average molecular weight is 244 g/mol. The van der Waals surface area contributed by atoms with E-state index in [1.54, 1.807) is 0 Å². The lowest BCUT2D eigenvalue weighted by Gasteiger charge is -2.25. The van der Waals surface area contributed by atoms with E-state index in [-0.39, 0.29) is 18.4 Å². The molecule has 3 N–H and O–H groups in total. The van der Waals surface area contributed by atoms with Crippen molar-refractivity contribution >= 4 is 11.9 Å². The van der Waals surface area contributed by atoms with Crippen LogP contribution in [-0.4, -0.2) is 48.8 Å². The molecule has 1 rings (SSSR count). The van der Waals surface area contributed by atoms with Crippen molar-refractivity contribution in [3.8, 4) is 0 Å². The number of carbonyl (C=O) groups is 2. The van der Waals surface area contributed by atoms with Crippen LogP contribution < -0.4 is 10.6 Å². The summed E-state index contributed by atoms with van der Waals surface area (Å²) in [5, 5.41) is 14.5. The fourth-order valence-electron chi connectivity index (χ4n) is 1.81. The van der Waals surface area contributed by atoms with Crippen LogP contribution in [-0.2, 0) is 14.3 Å². The summed E-state index contributed by atoms with van der Waals surface area (Å²) < 4.78 is 5.30. The molecule has 2 unspecified atom stereocenters. The summed E-state index contributed by atoms with van der Waals surface area (Å²) in [6.07, 6.45) is 0.955. The van der Waals surface area contributed by atoms with Crippen molar-refractivity contribution in [1.29, 1.82) is 0 Å². The van der Waals surface area contributed by atoms with Crippen molar-refractivity contribution in [3.63, 3.8) is 0 Å². The smallest absolute Gasteiger partial charge is 0.305 e. The average Bonchev–Trinajstić information content (AvgIpc) is 2.29. The van der Waals surface area contributed by atoms with Gasteiger partial charge >= 0.3 is 5.97 Å². The first-order chi connectivity index (χ1) is 8.13. The van der Waals surface area contributed by atoms with E-state index < -0.39 is 12.1 Å². The highest BCUT2D eigenvalue weighted by atomic mass is 16.5. The van der Waals surface area contributed by atoms with Gasteiger partial charge in [-0.15, -0.1) is 0 Å². The van der Waals surface area contributed by atoms with Gasteiger partial charge in [0.05, 0.1) is 13.0 Å². The predicted molar refractivity (Wildman–Crippen MR) is 61.7 cm³/mol. The third-order valence-corrected chi connectivity index (χ3v) is 2.62. The first kappa shape index (κ1) is 13.9. The van der Waals surface area contributed by atoms with Crippen molar-refractivity contribution < 1.29 is 19.4 Å². The molecule has 0 bridgehead atoms. The number of carbonyl (C=O) groups excluding carboxylic acids is 1. The van der Waals surface area contributed by atoms with Gasteiger partial charge in [-0.05, 0) is 6.42 Å². The molecule has 0 aromatic carbocycles. The maximum atomic E-state index is 11.8. The number of morpholine rings is 1. The standard InChI is InChI=1S/C11H20N2O4/c1-2-3-8(6-10(14)15)13-11(16)9-7-12-4-5-17-9/h8-9,12H,2-7H2,1H3,(H,13,16)(H,14,15). The molecule has 98 valence electrons. The number of rotatable bonds is 6. The molecule has 0 aliphatic carbocycles. The van der Waals surface area contributed by atoms with Crippen LogP contribution in [0, 0.1) is 0 Å². The van der Waals surface area contributed by atoms with Gasteiger partial charge in [0, 0.05) is 19.1 Å². The quantitative estimate of drug-likeness (QED) is 0.599. The Labute approximate surface area is 101 Å². The van der Waals surface area contributed by atoms with Gasteiger partial charge in [0.25, 0.3) is 5.91 Å². The molecule has 6 nitrogen and oxygen atoms in total. The molecule has 1 amide bonds. The summed E-state index contributed by atoms with van der Waals surface area (Å²) in [5.41, 5.74) is 0. The lowest BCUT2D eigenvalue weighted by molar-refractivity contribution is -0.139. The third kappa shape index (κ3) is 5.14. The Morgan fingerprint density at radius 2 is 2.35 bits per heavy atom.